The Balaban J connectivity index is 0.853. The van der Waals surface area contributed by atoms with Crippen LogP contribution in [-0.4, -0.2) is 0 Å². The van der Waals surface area contributed by atoms with Crippen LogP contribution in [0.4, 0.5) is 0 Å². The lowest BCUT2D eigenvalue weighted by Gasteiger charge is -2.34. The zero-order valence-electron chi connectivity index (χ0n) is 35.8. The van der Waals surface area contributed by atoms with Crippen molar-refractivity contribution in [1.29, 1.82) is 5.26 Å². The number of rotatable bonds is 9. The molecular weight excluding hydrogens is 787 g/mol. The van der Waals surface area contributed by atoms with E-state index >= 15 is 0 Å². The van der Waals surface area contributed by atoms with E-state index in [4.69, 9.17) is 4.42 Å². The van der Waals surface area contributed by atoms with Crippen LogP contribution in [0.3, 0.4) is 0 Å². The minimum atomic E-state index is -0.467. The predicted octanol–water partition coefficient (Wildman–Crippen LogP) is 16.1. The maximum absolute atomic E-state index is 9.71. The highest BCUT2D eigenvalue weighted by Gasteiger charge is 2.46. The Bertz CT molecular complexity index is 3540. The molecule has 2 heteroatoms. The molecule has 0 bridgehead atoms. The molecule has 1 aliphatic carbocycles. The molecule has 0 N–H and O–H groups in total. The number of fused-ring (bicyclic) bond motifs is 8. The van der Waals surface area contributed by atoms with E-state index in [1.165, 1.54) is 88.5 Å². The normalized spacial score (nSPS) is 13.1. The van der Waals surface area contributed by atoms with Crippen LogP contribution in [0.15, 0.2) is 235 Å². The van der Waals surface area contributed by atoms with Crippen LogP contribution in [-0.2, 0) is 11.8 Å². The molecule has 0 amide bonds. The van der Waals surface area contributed by atoms with Crippen molar-refractivity contribution in [3.63, 3.8) is 0 Å². The van der Waals surface area contributed by atoms with Gasteiger partial charge in [0, 0.05) is 16.7 Å². The summed E-state index contributed by atoms with van der Waals surface area (Å²) in [6.07, 6.45) is 1.83. The SMILES string of the molecule is N#Cc1ccc(C(CCc2ccc(-c3ccc(-c4ccc5oc6ccc7ccccc7c6c5c4)cc3)cc2)c2ccc3c(c2)C(c2ccccc2)(c2ccccc2)c2ccccc2-3)cc1. The number of nitriles is 1. The van der Waals surface area contributed by atoms with E-state index in [-0.39, 0.29) is 5.92 Å². The summed E-state index contributed by atoms with van der Waals surface area (Å²) in [6.45, 7) is 0. The lowest BCUT2D eigenvalue weighted by atomic mass is 9.67. The summed E-state index contributed by atoms with van der Waals surface area (Å²) in [5.74, 6) is 0.117. The highest BCUT2D eigenvalue weighted by atomic mass is 16.3. The predicted molar refractivity (Wildman–Crippen MR) is 267 cm³/mol. The number of hydrogen-bond acceptors (Lipinski definition) is 2. The molecule has 10 aromatic carbocycles. The second kappa shape index (κ2) is 15.8. The summed E-state index contributed by atoms with van der Waals surface area (Å²) in [7, 11) is 0. The molecule has 2 nitrogen and oxygen atoms in total. The van der Waals surface area contributed by atoms with Gasteiger partial charge in [-0.25, -0.2) is 0 Å². The van der Waals surface area contributed by atoms with Gasteiger partial charge in [0.1, 0.15) is 11.2 Å². The van der Waals surface area contributed by atoms with Crippen LogP contribution in [0.2, 0.25) is 0 Å². The van der Waals surface area contributed by atoms with E-state index < -0.39 is 5.41 Å². The van der Waals surface area contributed by atoms with Crippen molar-refractivity contribution in [2.45, 2.75) is 24.2 Å². The van der Waals surface area contributed by atoms with Gasteiger partial charge in [0.2, 0.25) is 0 Å². The van der Waals surface area contributed by atoms with Gasteiger partial charge in [-0.1, -0.05) is 200 Å². The van der Waals surface area contributed by atoms with E-state index in [1.807, 2.05) is 12.1 Å². The molecule has 1 unspecified atom stereocenters. The Morgan fingerprint density at radius 1 is 0.446 bits per heavy atom. The summed E-state index contributed by atoms with van der Waals surface area (Å²) >= 11 is 0. The molecule has 12 rings (SSSR count). The molecule has 0 saturated heterocycles. The number of aryl methyl sites for hydroxylation is 1. The molecule has 1 atom stereocenters. The standard InChI is InChI=1S/C63H43NO/c64-41-43-21-26-48(27-22-43)53(50-32-36-56-55-17-9-10-18-58(55)63(59(56)40-50,51-12-3-1-4-13-51)52-14-5-2-6-15-52)35-23-42-19-24-44(25-20-42)45-28-30-46(31-29-45)49-34-37-60-57(39-49)62-54-16-8-7-11-47(54)33-38-61(62)65-60/h1-22,24-34,36-40,53H,23,35H2. The molecular formula is C63H43NO. The van der Waals surface area contributed by atoms with Crippen LogP contribution < -0.4 is 0 Å². The molecule has 1 heterocycles. The third kappa shape index (κ3) is 6.47. The van der Waals surface area contributed by atoms with Gasteiger partial charge < -0.3 is 4.42 Å². The molecule has 11 aromatic rings. The summed E-state index contributed by atoms with van der Waals surface area (Å²) in [4.78, 5) is 0. The molecule has 65 heavy (non-hydrogen) atoms. The quantitative estimate of drug-likeness (QED) is 0.145. The van der Waals surface area contributed by atoms with Gasteiger partial charge in [0.25, 0.3) is 0 Å². The Morgan fingerprint density at radius 3 is 1.75 bits per heavy atom. The molecule has 0 saturated carbocycles. The smallest absolute Gasteiger partial charge is 0.136 e. The fourth-order valence-corrected chi connectivity index (χ4v) is 10.8. The lowest BCUT2D eigenvalue weighted by Crippen LogP contribution is -2.28. The molecule has 306 valence electrons. The Labute approximate surface area is 379 Å². The first-order chi connectivity index (χ1) is 32.2. The van der Waals surface area contributed by atoms with Crippen molar-refractivity contribution < 1.29 is 4.42 Å². The highest BCUT2D eigenvalue weighted by molar-refractivity contribution is 6.19. The third-order valence-corrected chi connectivity index (χ3v) is 13.9. The van der Waals surface area contributed by atoms with Crippen molar-refractivity contribution in [3.8, 4) is 39.4 Å². The number of benzene rings is 10. The van der Waals surface area contributed by atoms with Crippen molar-refractivity contribution in [3.05, 3.63) is 275 Å². The zero-order chi connectivity index (χ0) is 43.3. The minimum Gasteiger partial charge on any atom is -0.456 e. The first-order valence-corrected chi connectivity index (χ1v) is 22.5. The fourth-order valence-electron chi connectivity index (χ4n) is 10.8. The topological polar surface area (TPSA) is 36.9 Å². The molecule has 0 radical (unpaired) electrons. The van der Waals surface area contributed by atoms with Gasteiger partial charge in [-0.3, -0.25) is 0 Å². The lowest BCUT2D eigenvalue weighted by molar-refractivity contribution is 0.669. The van der Waals surface area contributed by atoms with Crippen LogP contribution in [0, 0.1) is 11.3 Å². The Kier molecular flexibility index (Phi) is 9.36. The zero-order valence-corrected chi connectivity index (χ0v) is 35.8. The molecule has 0 spiro atoms. The van der Waals surface area contributed by atoms with E-state index in [2.05, 4.69) is 224 Å². The Morgan fingerprint density at radius 2 is 1.03 bits per heavy atom. The van der Waals surface area contributed by atoms with Gasteiger partial charge in [0.05, 0.1) is 17.0 Å². The van der Waals surface area contributed by atoms with Gasteiger partial charge in [-0.2, -0.15) is 5.26 Å². The van der Waals surface area contributed by atoms with Crippen molar-refractivity contribution in [2.75, 3.05) is 0 Å². The van der Waals surface area contributed by atoms with Gasteiger partial charge in [0.15, 0.2) is 0 Å². The van der Waals surface area contributed by atoms with Crippen LogP contribution in [0.5, 0.6) is 0 Å². The van der Waals surface area contributed by atoms with Crippen molar-refractivity contribution in [2.24, 2.45) is 0 Å². The summed E-state index contributed by atoms with van der Waals surface area (Å²) < 4.78 is 6.28. The van der Waals surface area contributed by atoms with Crippen molar-refractivity contribution >= 4 is 32.7 Å². The first-order valence-electron chi connectivity index (χ1n) is 22.5. The molecule has 1 aromatic heterocycles. The van der Waals surface area contributed by atoms with Gasteiger partial charge in [-0.05, 0) is 126 Å². The summed E-state index contributed by atoms with van der Waals surface area (Å²) in [5, 5.41) is 14.5. The number of furan rings is 1. The summed E-state index contributed by atoms with van der Waals surface area (Å²) in [5.41, 5.74) is 18.3. The monoisotopic (exact) mass is 829 g/mol. The second-order valence-electron chi connectivity index (χ2n) is 17.4. The molecule has 0 aliphatic heterocycles. The van der Waals surface area contributed by atoms with Gasteiger partial charge >= 0.3 is 0 Å². The van der Waals surface area contributed by atoms with E-state index in [0.29, 0.717) is 5.56 Å². The Hall–Kier alpha value is -8.25. The maximum Gasteiger partial charge on any atom is 0.136 e. The highest BCUT2D eigenvalue weighted by Crippen LogP contribution is 2.56. The third-order valence-electron chi connectivity index (χ3n) is 13.9. The van der Waals surface area contributed by atoms with Crippen molar-refractivity contribution in [1.82, 2.24) is 0 Å². The van der Waals surface area contributed by atoms with E-state index in [0.717, 1.165) is 29.4 Å². The average Bonchev–Trinajstić information content (AvgIpc) is 3.91. The average molecular weight is 830 g/mol. The maximum atomic E-state index is 9.71. The van der Waals surface area contributed by atoms with Crippen LogP contribution in [0.25, 0.3) is 66.1 Å². The summed E-state index contributed by atoms with van der Waals surface area (Å²) in [6, 6.07) is 86.0. The number of hydrogen-bond donors (Lipinski definition) is 0. The van der Waals surface area contributed by atoms with E-state index in [1.54, 1.807) is 0 Å². The minimum absolute atomic E-state index is 0.117. The van der Waals surface area contributed by atoms with E-state index in [9.17, 15) is 5.26 Å². The van der Waals surface area contributed by atoms with Gasteiger partial charge in [-0.15, -0.1) is 0 Å². The molecule has 0 fully saturated rings. The van der Waals surface area contributed by atoms with Crippen LogP contribution >= 0.6 is 0 Å². The first kappa shape index (κ1) is 38.4. The van der Waals surface area contributed by atoms with Crippen LogP contribution in [0.1, 0.15) is 56.8 Å². The second-order valence-corrected chi connectivity index (χ2v) is 17.4. The largest absolute Gasteiger partial charge is 0.456 e. The number of nitrogens with zero attached hydrogens (tertiary/aromatic N) is 1. The fraction of sp³-hybridized carbons (Fsp3) is 0.0635. The molecule has 1 aliphatic rings.